The van der Waals surface area contributed by atoms with Crippen LogP contribution in [-0.2, 0) is 6.42 Å². The Morgan fingerprint density at radius 1 is 1.12 bits per heavy atom. The molecule has 1 atom stereocenters. The molecule has 4 heteroatoms. The van der Waals surface area contributed by atoms with Gasteiger partial charge in [-0.05, 0) is 49.8 Å². The minimum absolute atomic E-state index is 0.167. The van der Waals surface area contributed by atoms with Crippen molar-refractivity contribution in [3.05, 3.63) is 59.2 Å². The molecule has 0 saturated heterocycles. The van der Waals surface area contributed by atoms with E-state index in [1.165, 1.54) is 16.7 Å². The average Bonchev–Trinajstić information content (AvgIpc) is 2.60. The van der Waals surface area contributed by atoms with Crippen molar-refractivity contribution < 1.29 is 9.47 Å². The van der Waals surface area contributed by atoms with Gasteiger partial charge in [-0.15, -0.1) is 0 Å². The number of likely N-dealkylation sites (N-methyl/N-ethyl adjacent to an activating group) is 1. The first-order valence-corrected chi connectivity index (χ1v) is 8.45. The number of benzene rings is 2. The molecule has 24 heavy (non-hydrogen) atoms. The molecule has 0 bridgehead atoms. The first-order valence-electron chi connectivity index (χ1n) is 8.45. The number of rotatable bonds is 6. The zero-order valence-corrected chi connectivity index (χ0v) is 14.7. The lowest BCUT2D eigenvalue weighted by Gasteiger charge is -2.29. The largest absolute Gasteiger partial charge is 0.496 e. The summed E-state index contributed by atoms with van der Waals surface area (Å²) in [5.41, 5.74) is 3.85. The summed E-state index contributed by atoms with van der Waals surface area (Å²) in [5, 5.41) is 3.62. The van der Waals surface area contributed by atoms with Crippen LogP contribution < -0.4 is 14.8 Å². The fourth-order valence-corrected chi connectivity index (χ4v) is 3.16. The van der Waals surface area contributed by atoms with Crippen LogP contribution in [0.3, 0.4) is 0 Å². The highest BCUT2D eigenvalue weighted by molar-refractivity contribution is 5.47. The van der Waals surface area contributed by atoms with Gasteiger partial charge in [-0.3, -0.25) is 0 Å². The van der Waals surface area contributed by atoms with Crippen LogP contribution in [0, 0.1) is 0 Å². The van der Waals surface area contributed by atoms with Crippen LogP contribution in [0.1, 0.15) is 22.7 Å². The van der Waals surface area contributed by atoms with E-state index < -0.39 is 0 Å². The summed E-state index contributed by atoms with van der Waals surface area (Å²) >= 11 is 0. The fourth-order valence-electron chi connectivity index (χ4n) is 3.16. The smallest absolute Gasteiger partial charge is 0.123 e. The SMILES string of the molecule is COc1ccccc1C1NCCc2cc(OCCN(C)C)ccc21. The number of nitrogens with zero attached hydrogens (tertiary/aromatic N) is 1. The molecule has 128 valence electrons. The van der Waals surface area contributed by atoms with Crippen molar-refractivity contribution in [2.45, 2.75) is 12.5 Å². The Morgan fingerprint density at radius 2 is 1.96 bits per heavy atom. The van der Waals surface area contributed by atoms with Crippen LogP contribution >= 0.6 is 0 Å². The second-order valence-electron chi connectivity index (χ2n) is 6.39. The molecule has 3 rings (SSSR count). The van der Waals surface area contributed by atoms with E-state index in [-0.39, 0.29) is 6.04 Å². The maximum atomic E-state index is 5.88. The average molecular weight is 326 g/mol. The first kappa shape index (κ1) is 16.8. The molecule has 0 radical (unpaired) electrons. The van der Waals surface area contributed by atoms with Crippen molar-refractivity contribution in [1.82, 2.24) is 10.2 Å². The van der Waals surface area contributed by atoms with Gasteiger partial charge < -0.3 is 19.7 Å². The molecule has 0 amide bonds. The van der Waals surface area contributed by atoms with Crippen molar-refractivity contribution >= 4 is 0 Å². The Hall–Kier alpha value is -2.04. The summed E-state index contributed by atoms with van der Waals surface area (Å²) in [5.74, 6) is 1.88. The number of hydrogen-bond acceptors (Lipinski definition) is 4. The maximum absolute atomic E-state index is 5.88. The van der Waals surface area contributed by atoms with Gasteiger partial charge in [0.15, 0.2) is 0 Å². The Balaban J connectivity index is 1.83. The highest BCUT2D eigenvalue weighted by atomic mass is 16.5. The summed E-state index contributed by atoms with van der Waals surface area (Å²) in [6.45, 7) is 2.58. The van der Waals surface area contributed by atoms with Crippen LogP contribution in [0.2, 0.25) is 0 Å². The Bertz CT molecular complexity index is 685. The highest BCUT2D eigenvalue weighted by Crippen LogP contribution is 2.35. The molecule has 1 aliphatic rings. The van der Waals surface area contributed by atoms with Gasteiger partial charge in [-0.25, -0.2) is 0 Å². The number of hydrogen-bond donors (Lipinski definition) is 1. The van der Waals surface area contributed by atoms with Gasteiger partial charge in [0.05, 0.1) is 13.2 Å². The third-order valence-electron chi connectivity index (χ3n) is 4.43. The molecule has 2 aromatic carbocycles. The summed E-state index contributed by atoms with van der Waals surface area (Å²) in [6, 6.07) is 14.8. The van der Waals surface area contributed by atoms with Crippen LogP contribution in [0.15, 0.2) is 42.5 Å². The lowest BCUT2D eigenvalue weighted by molar-refractivity contribution is 0.261. The van der Waals surface area contributed by atoms with E-state index in [1.807, 2.05) is 12.1 Å². The van der Waals surface area contributed by atoms with Gasteiger partial charge in [0.2, 0.25) is 0 Å². The summed E-state index contributed by atoms with van der Waals surface area (Å²) in [6.07, 6.45) is 1.02. The van der Waals surface area contributed by atoms with Crippen molar-refractivity contribution in [2.75, 3.05) is 40.9 Å². The summed E-state index contributed by atoms with van der Waals surface area (Å²) in [4.78, 5) is 2.13. The first-order chi connectivity index (χ1) is 11.7. The molecule has 0 spiro atoms. The van der Waals surface area contributed by atoms with Gasteiger partial charge in [0.1, 0.15) is 18.1 Å². The molecule has 1 heterocycles. The zero-order chi connectivity index (χ0) is 16.9. The van der Waals surface area contributed by atoms with E-state index in [4.69, 9.17) is 9.47 Å². The van der Waals surface area contributed by atoms with E-state index in [0.717, 1.165) is 31.0 Å². The molecule has 1 N–H and O–H groups in total. The summed E-state index contributed by atoms with van der Waals surface area (Å²) < 4.78 is 11.4. The predicted octanol–water partition coefficient (Wildman–Crippen LogP) is 2.87. The molecule has 1 aliphatic heterocycles. The number of para-hydroxylation sites is 1. The van der Waals surface area contributed by atoms with Crippen molar-refractivity contribution in [3.8, 4) is 11.5 Å². The minimum Gasteiger partial charge on any atom is -0.496 e. The number of ether oxygens (including phenoxy) is 2. The van der Waals surface area contributed by atoms with Gasteiger partial charge in [0, 0.05) is 18.7 Å². The predicted molar refractivity (Wildman–Crippen MR) is 97.0 cm³/mol. The van der Waals surface area contributed by atoms with Crippen LogP contribution in [-0.4, -0.2) is 45.8 Å². The van der Waals surface area contributed by atoms with E-state index in [9.17, 15) is 0 Å². The minimum atomic E-state index is 0.167. The Labute approximate surface area is 144 Å². The zero-order valence-electron chi connectivity index (χ0n) is 14.7. The highest BCUT2D eigenvalue weighted by Gasteiger charge is 2.24. The normalized spacial score (nSPS) is 16.8. The van der Waals surface area contributed by atoms with Crippen LogP contribution in [0.5, 0.6) is 11.5 Å². The molecular formula is C20H26N2O2. The molecule has 0 fully saturated rings. The molecule has 0 aliphatic carbocycles. The van der Waals surface area contributed by atoms with Gasteiger partial charge in [-0.1, -0.05) is 24.3 Å². The lowest BCUT2D eigenvalue weighted by Crippen LogP contribution is -2.30. The van der Waals surface area contributed by atoms with E-state index in [2.05, 4.69) is 54.6 Å². The monoisotopic (exact) mass is 326 g/mol. The molecule has 0 aromatic heterocycles. The van der Waals surface area contributed by atoms with Crippen LogP contribution in [0.25, 0.3) is 0 Å². The topological polar surface area (TPSA) is 33.7 Å². The van der Waals surface area contributed by atoms with Gasteiger partial charge in [-0.2, -0.15) is 0 Å². The number of nitrogens with one attached hydrogen (secondary N) is 1. The Morgan fingerprint density at radius 3 is 2.75 bits per heavy atom. The van der Waals surface area contributed by atoms with Gasteiger partial charge >= 0.3 is 0 Å². The van der Waals surface area contributed by atoms with E-state index >= 15 is 0 Å². The fraction of sp³-hybridized carbons (Fsp3) is 0.400. The maximum Gasteiger partial charge on any atom is 0.123 e. The van der Waals surface area contributed by atoms with Crippen molar-refractivity contribution in [1.29, 1.82) is 0 Å². The second kappa shape index (κ2) is 7.69. The molecule has 2 aromatic rings. The van der Waals surface area contributed by atoms with E-state index in [1.54, 1.807) is 7.11 Å². The third-order valence-corrected chi connectivity index (χ3v) is 4.43. The molecule has 4 nitrogen and oxygen atoms in total. The quantitative estimate of drug-likeness (QED) is 0.885. The lowest BCUT2D eigenvalue weighted by atomic mass is 9.89. The third kappa shape index (κ3) is 3.71. The molecular weight excluding hydrogens is 300 g/mol. The Kier molecular flexibility index (Phi) is 5.38. The molecule has 0 saturated carbocycles. The van der Waals surface area contributed by atoms with Crippen molar-refractivity contribution in [2.24, 2.45) is 0 Å². The number of methoxy groups -OCH3 is 1. The molecule has 1 unspecified atom stereocenters. The van der Waals surface area contributed by atoms with Crippen LogP contribution in [0.4, 0.5) is 0 Å². The van der Waals surface area contributed by atoms with Crippen molar-refractivity contribution in [3.63, 3.8) is 0 Å². The summed E-state index contributed by atoms with van der Waals surface area (Å²) in [7, 11) is 5.84. The number of fused-ring (bicyclic) bond motifs is 1. The van der Waals surface area contributed by atoms with Gasteiger partial charge in [0.25, 0.3) is 0 Å². The van der Waals surface area contributed by atoms with E-state index in [0.29, 0.717) is 6.61 Å². The standard InChI is InChI=1S/C20H26N2O2/c1-22(2)12-13-24-16-8-9-17-15(14-16)10-11-21-20(17)18-6-4-5-7-19(18)23-3/h4-9,14,20-21H,10-13H2,1-3H3. The second-order valence-corrected chi connectivity index (χ2v) is 6.39.